The van der Waals surface area contributed by atoms with Crippen molar-refractivity contribution in [3.63, 3.8) is 0 Å². The number of ether oxygens (including phenoxy) is 1. The summed E-state index contributed by atoms with van der Waals surface area (Å²) in [7, 11) is 0. The SMILES string of the molecule is CC(C)c1ncncc1C(=O)Nc1ccc(OCCN)cc1.Cl. The van der Waals surface area contributed by atoms with Gasteiger partial charge in [-0.25, -0.2) is 9.97 Å². The van der Waals surface area contributed by atoms with E-state index in [1.165, 1.54) is 12.5 Å². The summed E-state index contributed by atoms with van der Waals surface area (Å²) in [6, 6.07) is 7.14. The van der Waals surface area contributed by atoms with Crippen molar-refractivity contribution in [2.75, 3.05) is 18.5 Å². The highest BCUT2D eigenvalue weighted by molar-refractivity contribution is 6.04. The Hall–Kier alpha value is -2.18. The summed E-state index contributed by atoms with van der Waals surface area (Å²) in [6.07, 6.45) is 2.99. The molecule has 2 aromatic rings. The summed E-state index contributed by atoms with van der Waals surface area (Å²) in [5.41, 5.74) is 7.28. The van der Waals surface area contributed by atoms with E-state index in [0.29, 0.717) is 24.4 Å². The van der Waals surface area contributed by atoms with E-state index in [1.54, 1.807) is 24.3 Å². The Morgan fingerprint density at radius 2 is 2.00 bits per heavy atom. The van der Waals surface area contributed by atoms with E-state index in [0.717, 1.165) is 11.4 Å². The van der Waals surface area contributed by atoms with E-state index in [4.69, 9.17) is 10.5 Å². The third kappa shape index (κ3) is 5.19. The molecule has 6 nitrogen and oxygen atoms in total. The van der Waals surface area contributed by atoms with E-state index < -0.39 is 0 Å². The van der Waals surface area contributed by atoms with E-state index >= 15 is 0 Å². The van der Waals surface area contributed by atoms with Gasteiger partial charge in [0.1, 0.15) is 18.7 Å². The molecule has 0 atom stereocenters. The van der Waals surface area contributed by atoms with Crippen LogP contribution in [0.3, 0.4) is 0 Å². The van der Waals surface area contributed by atoms with Gasteiger partial charge >= 0.3 is 0 Å². The van der Waals surface area contributed by atoms with Gasteiger partial charge in [0.2, 0.25) is 0 Å². The van der Waals surface area contributed by atoms with Gasteiger partial charge in [-0.15, -0.1) is 12.4 Å². The number of hydrogen-bond acceptors (Lipinski definition) is 5. The minimum absolute atomic E-state index is 0. The number of benzene rings is 1. The Kier molecular flexibility index (Phi) is 7.44. The van der Waals surface area contributed by atoms with Gasteiger partial charge < -0.3 is 15.8 Å². The molecule has 0 aliphatic carbocycles. The van der Waals surface area contributed by atoms with Crippen LogP contribution >= 0.6 is 12.4 Å². The number of carbonyl (C=O) groups is 1. The number of hydrogen-bond donors (Lipinski definition) is 2. The van der Waals surface area contributed by atoms with Gasteiger partial charge in [0.15, 0.2) is 0 Å². The summed E-state index contributed by atoms with van der Waals surface area (Å²) in [6.45, 7) is 4.90. The second-order valence-electron chi connectivity index (χ2n) is 5.09. The number of aromatic nitrogens is 2. The van der Waals surface area contributed by atoms with Crippen molar-refractivity contribution in [1.29, 1.82) is 0 Å². The van der Waals surface area contributed by atoms with E-state index in [2.05, 4.69) is 15.3 Å². The molecule has 3 N–H and O–H groups in total. The summed E-state index contributed by atoms with van der Waals surface area (Å²) in [4.78, 5) is 20.5. The van der Waals surface area contributed by atoms with Crippen LogP contribution in [0.4, 0.5) is 5.69 Å². The lowest BCUT2D eigenvalue weighted by Gasteiger charge is -2.11. The molecule has 0 radical (unpaired) electrons. The lowest BCUT2D eigenvalue weighted by Crippen LogP contribution is -2.16. The first-order chi connectivity index (χ1) is 10.6. The zero-order valence-electron chi connectivity index (χ0n) is 13.2. The average Bonchev–Trinajstić information content (AvgIpc) is 2.54. The topological polar surface area (TPSA) is 90.1 Å². The predicted octanol–water partition coefficient (Wildman–Crippen LogP) is 2.61. The first kappa shape index (κ1) is 18.9. The summed E-state index contributed by atoms with van der Waals surface area (Å²) < 4.78 is 5.39. The van der Waals surface area contributed by atoms with Crippen molar-refractivity contribution in [3.05, 3.63) is 48.0 Å². The van der Waals surface area contributed by atoms with Gasteiger partial charge in [-0.2, -0.15) is 0 Å². The number of halogens is 1. The normalized spacial score (nSPS) is 10.1. The van der Waals surface area contributed by atoms with E-state index in [-0.39, 0.29) is 24.2 Å². The molecule has 0 saturated carbocycles. The van der Waals surface area contributed by atoms with E-state index in [1.807, 2.05) is 13.8 Å². The highest BCUT2D eigenvalue weighted by Crippen LogP contribution is 2.19. The standard InChI is InChI=1S/C16H20N4O2.ClH/c1-11(2)15-14(9-18-10-19-15)16(21)20-12-3-5-13(6-4-12)22-8-7-17;/h3-6,9-11H,7-8,17H2,1-2H3,(H,20,21);1H. The highest BCUT2D eigenvalue weighted by Gasteiger charge is 2.15. The fourth-order valence-corrected chi connectivity index (χ4v) is 1.98. The third-order valence-electron chi connectivity index (χ3n) is 3.03. The second kappa shape index (κ2) is 9.07. The molecule has 7 heteroatoms. The zero-order valence-corrected chi connectivity index (χ0v) is 14.0. The second-order valence-corrected chi connectivity index (χ2v) is 5.09. The molecule has 2 rings (SSSR count). The molecule has 0 saturated heterocycles. The van der Waals surface area contributed by atoms with Crippen molar-refractivity contribution in [2.45, 2.75) is 19.8 Å². The van der Waals surface area contributed by atoms with Gasteiger partial charge in [-0.1, -0.05) is 13.8 Å². The van der Waals surface area contributed by atoms with Crippen molar-refractivity contribution in [1.82, 2.24) is 9.97 Å². The van der Waals surface area contributed by atoms with Crippen molar-refractivity contribution in [2.24, 2.45) is 5.73 Å². The molecule has 1 amide bonds. The number of rotatable bonds is 6. The fraction of sp³-hybridized carbons (Fsp3) is 0.312. The van der Waals surface area contributed by atoms with Gasteiger partial charge in [-0.3, -0.25) is 4.79 Å². The molecule has 124 valence electrons. The molecule has 0 fully saturated rings. The molecule has 0 unspecified atom stereocenters. The largest absolute Gasteiger partial charge is 0.492 e. The summed E-state index contributed by atoms with van der Waals surface area (Å²) >= 11 is 0. The number of amides is 1. The van der Waals surface area contributed by atoms with Crippen LogP contribution in [0.1, 0.15) is 35.8 Å². The molecular weight excluding hydrogens is 316 g/mol. The van der Waals surface area contributed by atoms with Gasteiger partial charge in [0.25, 0.3) is 5.91 Å². The number of nitrogens with two attached hydrogens (primary N) is 1. The van der Waals surface area contributed by atoms with Crippen LogP contribution in [0.25, 0.3) is 0 Å². The average molecular weight is 337 g/mol. The lowest BCUT2D eigenvalue weighted by molar-refractivity contribution is 0.102. The Bertz CT molecular complexity index is 632. The zero-order chi connectivity index (χ0) is 15.9. The Balaban J connectivity index is 0.00000264. The maximum Gasteiger partial charge on any atom is 0.259 e. The maximum atomic E-state index is 12.4. The predicted molar refractivity (Wildman–Crippen MR) is 92.3 cm³/mol. The Morgan fingerprint density at radius 1 is 1.30 bits per heavy atom. The smallest absolute Gasteiger partial charge is 0.259 e. The minimum atomic E-state index is -0.222. The van der Waals surface area contributed by atoms with Crippen LogP contribution in [-0.2, 0) is 0 Å². The molecular formula is C16H21ClN4O2. The number of nitrogens with zero attached hydrogens (tertiary/aromatic N) is 2. The molecule has 23 heavy (non-hydrogen) atoms. The van der Waals surface area contributed by atoms with E-state index in [9.17, 15) is 4.79 Å². The van der Waals surface area contributed by atoms with Crippen LogP contribution in [0.5, 0.6) is 5.75 Å². The molecule has 1 aromatic carbocycles. The fourth-order valence-electron chi connectivity index (χ4n) is 1.98. The van der Waals surface area contributed by atoms with Gasteiger partial charge in [0, 0.05) is 18.4 Å². The van der Waals surface area contributed by atoms with Crippen molar-refractivity contribution in [3.8, 4) is 5.75 Å². The quantitative estimate of drug-likeness (QED) is 0.846. The Labute approximate surface area is 141 Å². The molecule has 0 spiro atoms. The number of anilines is 1. The molecule has 0 aliphatic heterocycles. The lowest BCUT2D eigenvalue weighted by atomic mass is 10.0. The third-order valence-corrected chi connectivity index (χ3v) is 3.03. The maximum absolute atomic E-state index is 12.4. The van der Waals surface area contributed by atoms with Crippen LogP contribution in [0, 0.1) is 0 Å². The molecule has 0 bridgehead atoms. The van der Waals surface area contributed by atoms with Crippen molar-refractivity contribution >= 4 is 24.0 Å². The van der Waals surface area contributed by atoms with Gasteiger partial charge in [-0.05, 0) is 30.2 Å². The Morgan fingerprint density at radius 3 is 2.61 bits per heavy atom. The number of nitrogens with one attached hydrogen (secondary N) is 1. The minimum Gasteiger partial charge on any atom is -0.492 e. The van der Waals surface area contributed by atoms with Crippen LogP contribution in [0.2, 0.25) is 0 Å². The first-order valence-electron chi connectivity index (χ1n) is 7.16. The van der Waals surface area contributed by atoms with Crippen LogP contribution < -0.4 is 15.8 Å². The first-order valence-corrected chi connectivity index (χ1v) is 7.16. The van der Waals surface area contributed by atoms with Crippen LogP contribution in [-0.4, -0.2) is 29.0 Å². The number of carbonyl (C=O) groups excluding carboxylic acids is 1. The van der Waals surface area contributed by atoms with Crippen molar-refractivity contribution < 1.29 is 9.53 Å². The molecule has 0 aliphatic rings. The van der Waals surface area contributed by atoms with Gasteiger partial charge in [0.05, 0.1) is 11.3 Å². The summed E-state index contributed by atoms with van der Waals surface area (Å²) in [5, 5.41) is 2.84. The molecule has 1 aromatic heterocycles. The monoisotopic (exact) mass is 336 g/mol. The summed E-state index contributed by atoms with van der Waals surface area (Å²) in [5.74, 6) is 0.644. The van der Waals surface area contributed by atoms with Crippen LogP contribution in [0.15, 0.2) is 36.8 Å². The molecule has 1 heterocycles. The highest BCUT2D eigenvalue weighted by atomic mass is 35.5.